The summed E-state index contributed by atoms with van der Waals surface area (Å²) in [6.07, 6.45) is 0. The lowest BCUT2D eigenvalue weighted by atomic mass is 9.67. The van der Waals surface area contributed by atoms with Gasteiger partial charge in [-0.2, -0.15) is 0 Å². The van der Waals surface area contributed by atoms with Gasteiger partial charge in [0.25, 0.3) is 0 Å². The molecule has 434 valence electrons. The van der Waals surface area contributed by atoms with Crippen LogP contribution in [0.1, 0.15) is 22.3 Å². The SMILES string of the molecule is c1ccc(-c2cc(-c3ccccc3)cc(-c3nc(-c4cccc(-c5cccc6c5oc5ccccc56)c4)nc(-c4cccc(-c5cccc6c5c5cc(-c7ccccc7)ccc5n6-c5ccc6c(c5)C(c5ccccc5)(c5ccccc5)c5ccccc5-6)c4)n3)c2)cc1. The molecule has 0 amide bonds. The number of fused-ring (bicyclic) bond motifs is 9. The van der Waals surface area contributed by atoms with E-state index in [1.807, 2.05) is 12.1 Å². The first-order valence-corrected chi connectivity index (χ1v) is 31.7. The van der Waals surface area contributed by atoms with Crippen molar-refractivity contribution in [1.82, 2.24) is 19.5 Å². The largest absolute Gasteiger partial charge is 0.455 e. The van der Waals surface area contributed by atoms with Gasteiger partial charge in [-0.05, 0) is 150 Å². The van der Waals surface area contributed by atoms with E-state index in [0.717, 1.165) is 122 Å². The highest BCUT2D eigenvalue weighted by Crippen LogP contribution is 2.57. The molecule has 0 saturated carbocycles. The van der Waals surface area contributed by atoms with Crippen LogP contribution in [-0.4, -0.2) is 19.5 Å². The van der Waals surface area contributed by atoms with Crippen molar-refractivity contribution in [3.05, 3.63) is 362 Å². The Morgan fingerprint density at radius 1 is 0.258 bits per heavy atom. The second kappa shape index (κ2) is 22.0. The first-order chi connectivity index (χ1) is 46.1. The monoisotopic (exact) mass is 1180 g/mol. The number of benzene rings is 14. The van der Waals surface area contributed by atoms with Gasteiger partial charge in [-0.1, -0.05) is 273 Å². The minimum atomic E-state index is -0.564. The van der Waals surface area contributed by atoms with Gasteiger partial charge in [0.1, 0.15) is 11.2 Å². The molecule has 0 bridgehead atoms. The topological polar surface area (TPSA) is 56.7 Å². The molecule has 0 atom stereocenters. The van der Waals surface area contributed by atoms with Crippen molar-refractivity contribution in [2.75, 3.05) is 0 Å². The fraction of sp³-hybridized carbons (Fsp3) is 0.0114. The summed E-state index contributed by atoms with van der Waals surface area (Å²) in [7, 11) is 0. The van der Waals surface area contributed by atoms with Crippen LogP contribution in [0.25, 0.3) is 150 Å². The standard InChI is InChI=1S/C88H56N4O/c1-6-24-57(25-7-1)60-46-49-80-77(55-60)83-71(40-23-44-81(83)92(80)70-47-48-74-73-38-16-18-43-78(73)88(79(74)56-70,68-34-12-4-13-35-68)69-36-14-5-15-37-69)61-30-20-32-63(50-61)85-89-86(64-33-21-31-62(51-64)72-41-22-42-76-75-39-17-19-45-82(75)93-84(72)76)91-87(90-85)67-53-65(58-26-8-2-9-27-58)52-66(54-67)59-28-10-3-11-29-59/h1-56H. The molecule has 0 unspecified atom stereocenters. The third-order valence-electron chi connectivity index (χ3n) is 18.9. The van der Waals surface area contributed by atoms with Gasteiger partial charge in [-0.3, -0.25) is 0 Å². The van der Waals surface area contributed by atoms with Gasteiger partial charge < -0.3 is 8.98 Å². The molecule has 1 aliphatic carbocycles. The van der Waals surface area contributed by atoms with Crippen molar-refractivity contribution >= 4 is 43.7 Å². The highest BCUT2D eigenvalue weighted by Gasteiger charge is 2.46. The van der Waals surface area contributed by atoms with E-state index in [1.54, 1.807) is 0 Å². The van der Waals surface area contributed by atoms with Crippen molar-refractivity contribution in [3.63, 3.8) is 0 Å². The molecular weight excluding hydrogens is 1130 g/mol. The van der Waals surface area contributed by atoms with Crippen LogP contribution in [0.3, 0.4) is 0 Å². The summed E-state index contributed by atoms with van der Waals surface area (Å²) in [6.45, 7) is 0. The molecule has 0 saturated heterocycles. The predicted molar refractivity (Wildman–Crippen MR) is 382 cm³/mol. The van der Waals surface area contributed by atoms with Crippen molar-refractivity contribution in [2.24, 2.45) is 0 Å². The van der Waals surface area contributed by atoms with Crippen LogP contribution < -0.4 is 0 Å². The Kier molecular flexibility index (Phi) is 12.7. The number of aromatic nitrogens is 4. The Bertz CT molecular complexity index is 5640. The Morgan fingerprint density at radius 3 is 1.38 bits per heavy atom. The van der Waals surface area contributed by atoms with Crippen LogP contribution >= 0.6 is 0 Å². The van der Waals surface area contributed by atoms with Gasteiger partial charge in [0.05, 0.1) is 16.4 Å². The molecule has 5 heteroatoms. The molecular formula is C88H56N4O. The van der Waals surface area contributed by atoms with Crippen LogP contribution in [-0.2, 0) is 5.41 Å². The van der Waals surface area contributed by atoms with Crippen molar-refractivity contribution in [2.45, 2.75) is 5.41 Å². The maximum Gasteiger partial charge on any atom is 0.164 e. The Morgan fingerprint density at radius 2 is 0.720 bits per heavy atom. The summed E-state index contributed by atoms with van der Waals surface area (Å²) in [4.78, 5) is 16.4. The fourth-order valence-electron chi connectivity index (χ4n) is 14.7. The van der Waals surface area contributed by atoms with Crippen LogP contribution in [0.15, 0.2) is 344 Å². The lowest BCUT2D eigenvalue weighted by Crippen LogP contribution is -2.28. The zero-order valence-electron chi connectivity index (χ0n) is 50.5. The minimum absolute atomic E-state index is 0.560. The third-order valence-corrected chi connectivity index (χ3v) is 18.9. The van der Waals surface area contributed by atoms with E-state index >= 15 is 0 Å². The molecule has 0 N–H and O–H groups in total. The Balaban J connectivity index is 0.835. The highest BCUT2D eigenvalue weighted by molar-refractivity contribution is 6.17. The Labute approximate surface area is 538 Å². The molecule has 14 aromatic carbocycles. The number of hydrogen-bond acceptors (Lipinski definition) is 4. The third kappa shape index (κ3) is 8.96. The maximum absolute atomic E-state index is 6.60. The smallest absolute Gasteiger partial charge is 0.164 e. The first-order valence-electron chi connectivity index (χ1n) is 31.7. The molecule has 5 nitrogen and oxygen atoms in total. The number of nitrogens with zero attached hydrogens (tertiary/aromatic N) is 4. The quantitative estimate of drug-likeness (QED) is 0.129. The maximum atomic E-state index is 6.60. The molecule has 1 aliphatic rings. The highest BCUT2D eigenvalue weighted by atomic mass is 16.3. The van der Waals surface area contributed by atoms with Gasteiger partial charge in [0.15, 0.2) is 17.5 Å². The lowest BCUT2D eigenvalue weighted by Gasteiger charge is -2.34. The van der Waals surface area contributed by atoms with E-state index in [9.17, 15) is 0 Å². The number of para-hydroxylation sites is 2. The second-order valence-corrected chi connectivity index (χ2v) is 24.2. The fourth-order valence-corrected chi connectivity index (χ4v) is 14.7. The summed E-state index contributed by atoms with van der Waals surface area (Å²) >= 11 is 0. The molecule has 93 heavy (non-hydrogen) atoms. The number of hydrogen-bond donors (Lipinski definition) is 0. The molecule has 18 rings (SSSR count). The minimum Gasteiger partial charge on any atom is -0.455 e. The zero-order valence-corrected chi connectivity index (χ0v) is 50.5. The van der Waals surface area contributed by atoms with Gasteiger partial charge in [-0.25, -0.2) is 15.0 Å². The molecule has 0 radical (unpaired) electrons. The van der Waals surface area contributed by atoms with Gasteiger partial charge in [0.2, 0.25) is 0 Å². The van der Waals surface area contributed by atoms with Crippen LogP contribution in [0, 0.1) is 0 Å². The molecule has 0 fully saturated rings. The number of furan rings is 1. The lowest BCUT2D eigenvalue weighted by molar-refractivity contribution is 0.670. The Hall–Kier alpha value is -12.3. The van der Waals surface area contributed by atoms with Gasteiger partial charge >= 0.3 is 0 Å². The molecule has 0 aliphatic heterocycles. The van der Waals surface area contributed by atoms with E-state index in [2.05, 4.69) is 332 Å². The van der Waals surface area contributed by atoms with Gasteiger partial charge in [-0.15, -0.1) is 0 Å². The van der Waals surface area contributed by atoms with Crippen LogP contribution in [0.2, 0.25) is 0 Å². The van der Waals surface area contributed by atoms with Crippen molar-refractivity contribution in [1.29, 1.82) is 0 Å². The number of rotatable bonds is 11. The summed E-state index contributed by atoms with van der Waals surface area (Å²) in [5.41, 5.74) is 25.4. The predicted octanol–water partition coefficient (Wildman–Crippen LogP) is 22.6. The molecule has 17 aromatic rings. The van der Waals surface area contributed by atoms with E-state index in [1.165, 1.54) is 33.4 Å². The second-order valence-electron chi connectivity index (χ2n) is 24.2. The summed E-state index contributed by atoms with van der Waals surface area (Å²) in [5.74, 6) is 1.69. The molecule has 3 aromatic heterocycles. The van der Waals surface area contributed by atoms with E-state index < -0.39 is 5.41 Å². The summed E-state index contributed by atoms with van der Waals surface area (Å²) < 4.78 is 9.09. The summed E-state index contributed by atoms with van der Waals surface area (Å²) in [6, 6.07) is 122. The zero-order chi connectivity index (χ0) is 61.4. The van der Waals surface area contributed by atoms with Crippen LogP contribution in [0.4, 0.5) is 0 Å². The van der Waals surface area contributed by atoms with Crippen LogP contribution in [0.5, 0.6) is 0 Å². The van der Waals surface area contributed by atoms with E-state index in [0.29, 0.717) is 17.5 Å². The summed E-state index contributed by atoms with van der Waals surface area (Å²) in [5, 5.41) is 4.48. The van der Waals surface area contributed by atoms with E-state index in [4.69, 9.17) is 19.4 Å². The van der Waals surface area contributed by atoms with Crippen molar-refractivity contribution < 1.29 is 4.42 Å². The average molecular weight is 1190 g/mol. The molecule has 0 spiro atoms. The van der Waals surface area contributed by atoms with Crippen molar-refractivity contribution in [3.8, 4) is 107 Å². The first kappa shape index (κ1) is 53.7. The normalized spacial score (nSPS) is 12.4. The molecule has 3 heterocycles. The van der Waals surface area contributed by atoms with Gasteiger partial charge in [0, 0.05) is 49.5 Å². The van der Waals surface area contributed by atoms with E-state index in [-0.39, 0.29) is 0 Å². The average Bonchev–Trinajstić information content (AvgIpc) is 1.56.